The molecule has 3 rings (SSSR count). The van der Waals surface area contributed by atoms with Crippen molar-refractivity contribution in [1.29, 1.82) is 0 Å². The summed E-state index contributed by atoms with van der Waals surface area (Å²) in [6, 6.07) is 8.45. The zero-order valence-corrected chi connectivity index (χ0v) is 17.4. The van der Waals surface area contributed by atoms with Gasteiger partial charge in [-0.2, -0.15) is 0 Å². The molecule has 12 heteroatoms. The summed E-state index contributed by atoms with van der Waals surface area (Å²) in [5.74, 6) is -2.35. The summed E-state index contributed by atoms with van der Waals surface area (Å²) in [5.41, 5.74) is -1.28. The summed E-state index contributed by atoms with van der Waals surface area (Å²) < 4.78 is 51.7. The summed E-state index contributed by atoms with van der Waals surface area (Å²) in [6.07, 6.45) is 0. The average Bonchev–Trinajstić information content (AvgIpc) is 2.72. The Morgan fingerprint density at radius 3 is 2.56 bits per heavy atom. The number of ether oxygens (including phenoxy) is 2. The van der Waals surface area contributed by atoms with Gasteiger partial charge in [-0.1, -0.05) is 0 Å². The maximum atomic E-state index is 14.0. The zero-order valence-electron chi connectivity index (χ0n) is 16.6. The van der Waals surface area contributed by atoms with Crippen molar-refractivity contribution in [1.82, 2.24) is 0 Å². The van der Waals surface area contributed by atoms with Crippen LogP contribution in [0.4, 0.5) is 10.1 Å². The van der Waals surface area contributed by atoms with Crippen LogP contribution in [-0.4, -0.2) is 33.5 Å². The maximum Gasteiger partial charge on any atom is 0.351 e. The fraction of sp³-hybridized carbons (Fsp3) is 0.150. The van der Waals surface area contributed by atoms with Crippen molar-refractivity contribution in [3.8, 4) is 5.75 Å². The van der Waals surface area contributed by atoms with Gasteiger partial charge in [-0.3, -0.25) is 4.79 Å². The third-order valence-corrected chi connectivity index (χ3v) is 5.03. The number of carbonyl (C=O) groups is 2. The van der Waals surface area contributed by atoms with Crippen LogP contribution in [0.2, 0.25) is 0 Å². The molecular weight excluding hydrogens is 447 g/mol. The molecule has 0 atom stereocenters. The van der Waals surface area contributed by atoms with E-state index in [9.17, 15) is 27.2 Å². The molecule has 0 aliphatic rings. The number of hydrogen-bond acceptors (Lipinski definition) is 8. The highest BCUT2D eigenvalue weighted by Crippen LogP contribution is 2.21. The number of rotatable bonds is 7. The maximum absolute atomic E-state index is 14.0. The number of carbonyl (C=O) groups excluding carboxylic acids is 2. The Morgan fingerprint density at radius 1 is 1.16 bits per heavy atom. The number of hydrogen-bond donors (Lipinski definition) is 2. The normalized spacial score (nSPS) is 11.2. The Hall–Kier alpha value is -3.77. The van der Waals surface area contributed by atoms with E-state index < -0.39 is 44.8 Å². The first-order valence-corrected chi connectivity index (χ1v) is 10.6. The van der Waals surface area contributed by atoms with Crippen LogP contribution in [0.25, 0.3) is 11.0 Å². The Morgan fingerprint density at radius 2 is 1.91 bits per heavy atom. The van der Waals surface area contributed by atoms with Gasteiger partial charge in [0, 0.05) is 11.5 Å². The number of sulfonamides is 1. The monoisotopic (exact) mass is 464 g/mol. The van der Waals surface area contributed by atoms with Crippen molar-refractivity contribution >= 4 is 38.6 Å². The lowest BCUT2D eigenvalue weighted by Crippen LogP contribution is -2.21. The van der Waals surface area contributed by atoms with E-state index in [1.54, 1.807) is 6.92 Å². The van der Waals surface area contributed by atoms with Crippen LogP contribution in [0, 0.1) is 5.82 Å². The van der Waals surface area contributed by atoms with E-state index in [1.807, 2.05) is 0 Å². The van der Waals surface area contributed by atoms with Crippen LogP contribution < -0.4 is 20.8 Å². The van der Waals surface area contributed by atoms with Gasteiger partial charge in [0.05, 0.1) is 17.2 Å². The van der Waals surface area contributed by atoms with Gasteiger partial charge in [0.25, 0.3) is 5.91 Å². The van der Waals surface area contributed by atoms with Crippen LogP contribution in [-0.2, 0) is 19.6 Å². The molecule has 3 N–H and O–H groups in total. The predicted octanol–water partition coefficient (Wildman–Crippen LogP) is 1.77. The van der Waals surface area contributed by atoms with E-state index in [-0.39, 0.29) is 29.2 Å². The van der Waals surface area contributed by atoms with Crippen molar-refractivity contribution in [2.45, 2.75) is 11.8 Å². The van der Waals surface area contributed by atoms with Gasteiger partial charge < -0.3 is 19.2 Å². The number of nitrogens with one attached hydrogen (secondary N) is 1. The van der Waals surface area contributed by atoms with Gasteiger partial charge in [0.1, 0.15) is 22.7 Å². The van der Waals surface area contributed by atoms with Gasteiger partial charge in [-0.05, 0) is 43.3 Å². The average molecular weight is 464 g/mol. The number of nitrogens with two attached hydrogens (primary N) is 1. The Kier molecular flexibility index (Phi) is 6.55. The molecule has 1 aromatic heterocycles. The van der Waals surface area contributed by atoms with Gasteiger partial charge in [-0.25, -0.2) is 27.5 Å². The van der Waals surface area contributed by atoms with Gasteiger partial charge in [0.15, 0.2) is 6.61 Å². The number of fused-ring (bicyclic) bond motifs is 1. The predicted molar refractivity (Wildman–Crippen MR) is 110 cm³/mol. The second-order valence-electron chi connectivity index (χ2n) is 6.39. The van der Waals surface area contributed by atoms with E-state index >= 15 is 0 Å². The summed E-state index contributed by atoms with van der Waals surface area (Å²) in [6.45, 7) is 1.19. The molecule has 0 saturated heterocycles. The number of halogens is 1. The number of anilines is 1. The fourth-order valence-corrected chi connectivity index (χ4v) is 3.17. The first kappa shape index (κ1) is 22.9. The lowest BCUT2D eigenvalue weighted by Gasteiger charge is -2.09. The van der Waals surface area contributed by atoms with Crippen molar-refractivity contribution in [3.05, 3.63) is 64.3 Å². The molecule has 0 aliphatic carbocycles. The lowest BCUT2D eigenvalue weighted by atomic mass is 10.2. The topological polar surface area (TPSA) is 155 Å². The first-order chi connectivity index (χ1) is 15.1. The molecule has 10 nitrogen and oxygen atoms in total. The molecule has 1 amide bonds. The van der Waals surface area contributed by atoms with Crippen molar-refractivity contribution in [2.75, 3.05) is 18.5 Å². The fourth-order valence-electron chi connectivity index (χ4n) is 2.64. The standard InChI is InChI=1S/C20H17FN2O8S/c1-2-29-19(25)14-7-11-3-4-12(8-17(11)31-20(14)26)30-10-18(24)23-16-6-5-13(9-15(16)21)32(22,27)28/h3-9H,2,10H2,1H3,(H,23,24)(H2,22,27,28). The van der Waals surface area contributed by atoms with E-state index in [0.29, 0.717) is 11.5 Å². The molecule has 168 valence electrons. The largest absolute Gasteiger partial charge is 0.484 e. The van der Waals surface area contributed by atoms with Crippen LogP contribution >= 0.6 is 0 Å². The van der Waals surface area contributed by atoms with E-state index in [0.717, 1.165) is 12.1 Å². The molecule has 0 aliphatic heterocycles. The third kappa shape index (κ3) is 5.28. The van der Waals surface area contributed by atoms with Crippen molar-refractivity contribution < 1.29 is 36.3 Å². The van der Waals surface area contributed by atoms with Crippen LogP contribution in [0.1, 0.15) is 17.3 Å². The molecular formula is C20H17FN2O8S. The highest BCUT2D eigenvalue weighted by molar-refractivity contribution is 7.89. The summed E-state index contributed by atoms with van der Waals surface area (Å²) >= 11 is 0. The second kappa shape index (κ2) is 9.16. The molecule has 0 saturated carbocycles. The Labute approximate surface area is 180 Å². The molecule has 0 unspecified atom stereocenters. The number of benzene rings is 2. The molecule has 32 heavy (non-hydrogen) atoms. The van der Waals surface area contributed by atoms with Crippen LogP contribution in [0.5, 0.6) is 5.75 Å². The molecule has 0 radical (unpaired) electrons. The van der Waals surface area contributed by atoms with Gasteiger partial charge in [0.2, 0.25) is 10.0 Å². The third-order valence-electron chi connectivity index (χ3n) is 4.12. The molecule has 1 heterocycles. The lowest BCUT2D eigenvalue weighted by molar-refractivity contribution is -0.118. The number of esters is 1. The molecule has 0 bridgehead atoms. The van der Waals surface area contributed by atoms with Crippen LogP contribution in [0.15, 0.2) is 56.6 Å². The number of primary sulfonamides is 1. The minimum absolute atomic E-state index is 0.102. The van der Waals surface area contributed by atoms with Crippen molar-refractivity contribution in [3.63, 3.8) is 0 Å². The SMILES string of the molecule is CCOC(=O)c1cc2ccc(OCC(=O)Nc3ccc(S(N)(=O)=O)cc3F)cc2oc1=O. The molecule has 0 spiro atoms. The molecule has 0 fully saturated rings. The van der Waals surface area contributed by atoms with Crippen molar-refractivity contribution in [2.24, 2.45) is 5.14 Å². The highest BCUT2D eigenvalue weighted by atomic mass is 32.2. The molecule has 2 aromatic carbocycles. The molecule has 3 aromatic rings. The number of amides is 1. The Balaban J connectivity index is 1.69. The summed E-state index contributed by atoms with van der Waals surface area (Å²) in [4.78, 5) is 35.4. The van der Waals surface area contributed by atoms with E-state index in [2.05, 4.69) is 5.32 Å². The van der Waals surface area contributed by atoms with Gasteiger partial charge >= 0.3 is 11.6 Å². The van der Waals surface area contributed by atoms with E-state index in [4.69, 9.17) is 19.0 Å². The summed E-state index contributed by atoms with van der Waals surface area (Å²) in [5, 5.41) is 7.59. The smallest absolute Gasteiger partial charge is 0.351 e. The quantitative estimate of drug-likeness (QED) is 0.396. The van der Waals surface area contributed by atoms with E-state index in [1.165, 1.54) is 24.3 Å². The van der Waals surface area contributed by atoms with Gasteiger partial charge in [-0.15, -0.1) is 0 Å². The zero-order chi connectivity index (χ0) is 23.5. The minimum atomic E-state index is -4.08. The first-order valence-electron chi connectivity index (χ1n) is 9.08. The minimum Gasteiger partial charge on any atom is -0.484 e. The Bertz CT molecular complexity index is 1370. The highest BCUT2D eigenvalue weighted by Gasteiger charge is 2.16. The summed E-state index contributed by atoms with van der Waals surface area (Å²) in [7, 11) is -4.08. The van der Waals surface area contributed by atoms with Crippen LogP contribution in [0.3, 0.4) is 0 Å². The second-order valence-corrected chi connectivity index (χ2v) is 7.95.